The second-order valence-electron chi connectivity index (χ2n) is 4.08. The molecule has 0 radical (unpaired) electrons. The van der Waals surface area contributed by atoms with Crippen molar-refractivity contribution in [1.29, 1.82) is 0 Å². The molecule has 4 nitrogen and oxygen atoms in total. The zero-order valence-corrected chi connectivity index (χ0v) is 9.12. The minimum atomic E-state index is -0.0288. The first kappa shape index (κ1) is 11.2. The summed E-state index contributed by atoms with van der Waals surface area (Å²) in [5.41, 5.74) is 0. The summed E-state index contributed by atoms with van der Waals surface area (Å²) in [6, 6.07) is -0.0288. The van der Waals surface area contributed by atoms with E-state index in [-0.39, 0.29) is 17.7 Å². The summed E-state index contributed by atoms with van der Waals surface area (Å²) in [4.78, 5) is 26.2. The molecule has 0 aliphatic heterocycles. The van der Waals surface area contributed by atoms with Crippen molar-refractivity contribution in [3.05, 3.63) is 0 Å². The SMILES string of the molecule is CN(C)C(=O)CN(C)C1CCCC1=O. The minimum Gasteiger partial charge on any atom is -0.348 e. The third-order valence-corrected chi connectivity index (χ3v) is 2.69. The van der Waals surface area contributed by atoms with Gasteiger partial charge >= 0.3 is 0 Å². The van der Waals surface area contributed by atoms with Gasteiger partial charge in [0.25, 0.3) is 0 Å². The monoisotopic (exact) mass is 198 g/mol. The summed E-state index contributed by atoms with van der Waals surface area (Å²) in [6.45, 7) is 0.337. The largest absolute Gasteiger partial charge is 0.348 e. The van der Waals surface area contributed by atoms with Crippen LogP contribution in [0.3, 0.4) is 0 Å². The van der Waals surface area contributed by atoms with Crippen LogP contribution in [0.2, 0.25) is 0 Å². The maximum Gasteiger partial charge on any atom is 0.236 e. The molecule has 1 unspecified atom stereocenters. The van der Waals surface area contributed by atoms with E-state index < -0.39 is 0 Å². The first-order chi connectivity index (χ1) is 6.52. The van der Waals surface area contributed by atoms with Crippen molar-refractivity contribution in [2.45, 2.75) is 25.3 Å². The van der Waals surface area contributed by atoms with E-state index in [2.05, 4.69) is 0 Å². The zero-order valence-electron chi connectivity index (χ0n) is 9.12. The number of rotatable bonds is 3. The molecular weight excluding hydrogens is 180 g/mol. The van der Waals surface area contributed by atoms with Crippen LogP contribution in [0.25, 0.3) is 0 Å². The Bertz CT molecular complexity index is 238. The molecule has 0 N–H and O–H groups in total. The van der Waals surface area contributed by atoms with Crippen molar-refractivity contribution in [2.24, 2.45) is 0 Å². The molecule has 14 heavy (non-hydrogen) atoms. The predicted octanol–water partition coefficient (Wildman–Crippen LogP) is 0.128. The number of carbonyl (C=O) groups excluding carboxylic acids is 2. The Kier molecular flexibility index (Phi) is 3.63. The van der Waals surface area contributed by atoms with E-state index in [0.29, 0.717) is 13.0 Å². The molecule has 1 amide bonds. The van der Waals surface area contributed by atoms with Crippen molar-refractivity contribution in [1.82, 2.24) is 9.80 Å². The lowest BCUT2D eigenvalue weighted by Crippen LogP contribution is -2.41. The molecule has 0 bridgehead atoms. The minimum absolute atomic E-state index is 0.0288. The fraction of sp³-hybridized carbons (Fsp3) is 0.800. The molecule has 0 aromatic heterocycles. The molecule has 1 aliphatic rings. The first-order valence-electron chi connectivity index (χ1n) is 4.95. The summed E-state index contributed by atoms with van der Waals surface area (Å²) < 4.78 is 0. The molecule has 4 heteroatoms. The standard InChI is InChI=1S/C10H18N2O2/c1-11(2)10(14)7-12(3)8-5-4-6-9(8)13/h8H,4-7H2,1-3H3. The number of hydrogen-bond donors (Lipinski definition) is 0. The van der Waals surface area contributed by atoms with Crippen LogP contribution in [0.5, 0.6) is 0 Å². The van der Waals surface area contributed by atoms with Crippen molar-refractivity contribution in [3.63, 3.8) is 0 Å². The highest BCUT2D eigenvalue weighted by molar-refractivity contribution is 5.86. The summed E-state index contributed by atoms with van der Waals surface area (Å²) in [5, 5.41) is 0. The highest BCUT2D eigenvalue weighted by Crippen LogP contribution is 2.18. The van der Waals surface area contributed by atoms with Gasteiger partial charge in [0.15, 0.2) is 0 Å². The van der Waals surface area contributed by atoms with E-state index in [1.54, 1.807) is 19.0 Å². The van der Waals surface area contributed by atoms with Gasteiger partial charge in [0, 0.05) is 20.5 Å². The lowest BCUT2D eigenvalue weighted by Gasteiger charge is -2.23. The molecule has 0 aromatic rings. The average molecular weight is 198 g/mol. The van der Waals surface area contributed by atoms with Crippen LogP contribution < -0.4 is 0 Å². The van der Waals surface area contributed by atoms with E-state index in [1.807, 2.05) is 11.9 Å². The van der Waals surface area contributed by atoms with Crippen LogP contribution in [0.1, 0.15) is 19.3 Å². The van der Waals surface area contributed by atoms with Crippen molar-refractivity contribution < 1.29 is 9.59 Å². The number of ketones is 1. The predicted molar refractivity (Wildman–Crippen MR) is 54.0 cm³/mol. The normalized spacial score (nSPS) is 21.7. The van der Waals surface area contributed by atoms with Crippen LogP contribution >= 0.6 is 0 Å². The molecule has 1 fully saturated rings. The maximum absolute atomic E-state index is 11.4. The molecule has 1 rings (SSSR count). The van der Waals surface area contributed by atoms with E-state index in [1.165, 1.54) is 0 Å². The highest BCUT2D eigenvalue weighted by Gasteiger charge is 2.28. The Hall–Kier alpha value is -0.900. The summed E-state index contributed by atoms with van der Waals surface area (Å²) in [6.07, 6.45) is 2.53. The van der Waals surface area contributed by atoms with Crippen molar-refractivity contribution in [2.75, 3.05) is 27.7 Å². The number of hydrogen-bond acceptors (Lipinski definition) is 3. The topological polar surface area (TPSA) is 40.6 Å². The zero-order chi connectivity index (χ0) is 10.7. The van der Waals surface area contributed by atoms with Gasteiger partial charge in [-0.15, -0.1) is 0 Å². The van der Waals surface area contributed by atoms with E-state index in [0.717, 1.165) is 12.8 Å². The van der Waals surface area contributed by atoms with Gasteiger partial charge in [0.2, 0.25) is 5.91 Å². The van der Waals surface area contributed by atoms with Crippen LogP contribution in [-0.2, 0) is 9.59 Å². The summed E-state index contributed by atoms with van der Waals surface area (Å²) >= 11 is 0. The molecule has 80 valence electrons. The number of Topliss-reactive ketones (excluding diaryl/α,β-unsaturated/α-hetero) is 1. The first-order valence-corrected chi connectivity index (χ1v) is 4.95. The molecule has 0 aromatic carbocycles. The third kappa shape index (κ3) is 2.54. The summed E-state index contributed by atoms with van der Waals surface area (Å²) in [7, 11) is 5.30. The van der Waals surface area contributed by atoms with Gasteiger partial charge in [0.1, 0.15) is 5.78 Å². The Morgan fingerprint density at radius 1 is 1.43 bits per heavy atom. The molecular formula is C10H18N2O2. The lowest BCUT2D eigenvalue weighted by atomic mass is 10.2. The number of amides is 1. The molecule has 0 spiro atoms. The van der Waals surface area contributed by atoms with Crippen LogP contribution in [0, 0.1) is 0 Å². The number of carbonyl (C=O) groups is 2. The van der Waals surface area contributed by atoms with Crippen LogP contribution in [0.15, 0.2) is 0 Å². The average Bonchev–Trinajstić information content (AvgIpc) is 2.51. The van der Waals surface area contributed by atoms with Gasteiger partial charge in [0.05, 0.1) is 12.6 Å². The fourth-order valence-corrected chi connectivity index (χ4v) is 1.73. The van der Waals surface area contributed by atoms with Crippen LogP contribution in [0.4, 0.5) is 0 Å². The van der Waals surface area contributed by atoms with Gasteiger partial charge in [-0.05, 0) is 19.9 Å². The Morgan fingerprint density at radius 3 is 2.50 bits per heavy atom. The lowest BCUT2D eigenvalue weighted by molar-refractivity contribution is -0.131. The fourth-order valence-electron chi connectivity index (χ4n) is 1.73. The molecule has 0 saturated heterocycles. The van der Waals surface area contributed by atoms with Gasteiger partial charge in [-0.25, -0.2) is 0 Å². The number of likely N-dealkylation sites (N-methyl/N-ethyl adjacent to an activating group) is 2. The molecule has 1 saturated carbocycles. The van der Waals surface area contributed by atoms with Gasteiger partial charge in [-0.2, -0.15) is 0 Å². The number of nitrogens with zero attached hydrogens (tertiary/aromatic N) is 2. The quantitative estimate of drug-likeness (QED) is 0.647. The molecule has 0 heterocycles. The second-order valence-corrected chi connectivity index (χ2v) is 4.08. The highest BCUT2D eigenvalue weighted by atomic mass is 16.2. The Morgan fingerprint density at radius 2 is 2.07 bits per heavy atom. The van der Waals surface area contributed by atoms with Gasteiger partial charge < -0.3 is 4.90 Å². The van der Waals surface area contributed by atoms with E-state index in [4.69, 9.17) is 0 Å². The maximum atomic E-state index is 11.4. The Labute approximate surface area is 84.9 Å². The molecule has 1 aliphatic carbocycles. The van der Waals surface area contributed by atoms with Gasteiger partial charge in [-0.1, -0.05) is 0 Å². The van der Waals surface area contributed by atoms with Crippen molar-refractivity contribution in [3.8, 4) is 0 Å². The Balaban J connectivity index is 2.45. The smallest absolute Gasteiger partial charge is 0.236 e. The van der Waals surface area contributed by atoms with Crippen LogP contribution in [-0.4, -0.2) is 55.2 Å². The molecule has 1 atom stereocenters. The van der Waals surface area contributed by atoms with Gasteiger partial charge in [-0.3, -0.25) is 14.5 Å². The third-order valence-electron chi connectivity index (χ3n) is 2.69. The second kappa shape index (κ2) is 4.55. The van der Waals surface area contributed by atoms with E-state index in [9.17, 15) is 9.59 Å². The van der Waals surface area contributed by atoms with E-state index >= 15 is 0 Å². The van der Waals surface area contributed by atoms with Crippen molar-refractivity contribution >= 4 is 11.7 Å². The summed E-state index contributed by atoms with van der Waals surface area (Å²) in [5.74, 6) is 0.325.